The molecule has 29 heavy (non-hydrogen) atoms. The summed E-state index contributed by atoms with van der Waals surface area (Å²) in [5.74, 6) is 0.0443. The largest absolute Gasteiger partial charge is 0.450 e. The minimum Gasteiger partial charge on any atom is -0.450 e. The van der Waals surface area contributed by atoms with Gasteiger partial charge in [-0.2, -0.15) is 0 Å². The Morgan fingerprint density at radius 2 is 2.10 bits per heavy atom. The smallest absolute Gasteiger partial charge is 0.407 e. The third kappa shape index (κ3) is 5.27. The monoisotopic (exact) mass is 404 g/mol. The second-order valence-electron chi connectivity index (χ2n) is 7.01. The maximum atomic E-state index is 13.4. The minimum atomic E-state index is -0.656. The number of rotatable bonds is 6. The first-order chi connectivity index (χ1) is 14.0. The van der Waals surface area contributed by atoms with Gasteiger partial charge in [-0.3, -0.25) is 4.79 Å². The Morgan fingerprint density at radius 1 is 1.34 bits per heavy atom. The number of benzene rings is 1. The molecule has 1 aromatic carbocycles. The number of nitrogens with zero attached hydrogens (tertiary/aromatic N) is 5. The van der Waals surface area contributed by atoms with E-state index in [0.29, 0.717) is 31.9 Å². The van der Waals surface area contributed by atoms with Gasteiger partial charge in [0.05, 0.1) is 6.61 Å². The van der Waals surface area contributed by atoms with Gasteiger partial charge in [-0.15, -0.1) is 5.10 Å². The van der Waals surface area contributed by atoms with Crippen LogP contribution in [-0.4, -0.2) is 62.8 Å². The summed E-state index contributed by atoms with van der Waals surface area (Å²) in [5, 5.41) is 14.3. The Morgan fingerprint density at radius 3 is 2.76 bits per heavy atom. The van der Waals surface area contributed by atoms with Crippen LogP contribution in [0.4, 0.5) is 9.18 Å². The molecule has 1 aromatic heterocycles. The SMILES string of the molecule is CCOC(=O)N[C@H]1CCCN(C(=O)[C@H](Cc2ccc(F)cc2)n2nnnc2C)C1. The molecule has 0 saturated carbocycles. The Hall–Kier alpha value is -3.04. The summed E-state index contributed by atoms with van der Waals surface area (Å²) >= 11 is 0. The maximum absolute atomic E-state index is 13.4. The van der Waals surface area contributed by atoms with Gasteiger partial charge in [-0.05, 0) is 54.8 Å². The molecule has 2 heterocycles. The zero-order chi connectivity index (χ0) is 20.8. The van der Waals surface area contributed by atoms with Crippen LogP contribution in [0.3, 0.4) is 0 Å². The molecule has 3 rings (SSSR count). The first-order valence-corrected chi connectivity index (χ1v) is 9.69. The van der Waals surface area contributed by atoms with E-state index >= 15 is 0 Å². The van der Waals surface area contributed by atoms with Gasteiger partial charge in [0.2, 0.25) is 5.91 Å². The summed E-state index contributed by atoms with van der Waals surface area (Å²) in [5.41, 5.74) is 0.804. The highest BCUT2D eigenvalue weighted by Gasteiger charge is 2.32. The predicted octanol–water partition coefficient (Wildman–Crippen LogP) is 1.64. The van der Waals surface area contributed by atoms with E-state index in [1.165, 1.54) is 16.8 Å². The zero-order valence-electron chi connectivity index (χ0n) is 16.5. The van der Waals surface area contributed by atoms with Crippen molar-refractivity contribution < 1.29 is 18.7 Å². The van der Waals surface area contributed by atoms with E-state index in [-0.39, 0.29) is 17.8 Å². The van der Waals surface area contributed by atoms with E-state index in [2.05, 4.69) is 20.8 Å². The number of aryl methyl sites for hydroxylation is 1. The Bertz CT molecular complexity index is 841. The molecule has 156 valence electrons. The summed E-state index contributed by atoms with van der Waals surface area (Å²) in [6, 6.07) is 5.20. The Balaban J connectivity index is 1.76. The van der Waals surface area contributed by atoms with Gasteiger partial charge < -0.3 is 15.0 Å². The van der Waals surface area contributed by atoms with Gasteiger partial charge in [0.1, 0.15) is 17.7 Å². The number of aromatic nitrogens is 4. The van der Waals surface area contributed by atoms with Crippen molar-refractivity contribution in [1.82, 2.24) is 30.4 Å². The molecule has 0 spiro atoms. The van der Waals surface area contributed by atoms with E-state index in [1.54, 1.807) is 30.9 Å². The van der Waals surface area contributed by atoms with Crippen molar-refractivity contribution >= 4 is 12.0 Å². The number of nitrogens with one attached hydrogen (secondary N) is 1. The molecule has 10 heteroatoms. The molecule has 1 saturated heterocycles. The second-order valence-corrected chi connectivity index (χ2v) is 7.01. The number of hydrogen-bond donors (Lipinski definition) is 1. The molecule has 2 amide bonds. The van der Waals surface area contributed by atoms with Gasteiger partial charge in [0, 0.05) is 25.6 Å². The van der Waals surface area contributed by atoms with Gasteiger partial charge in [0.15, 0.2) is 0 Å². The number of alkyl carbamates (subject to hydrolysis) is 1. The lowest BCUT2D eigenvalue weighted by atomic mass is 10.0. The zero-order valence-corrected chi connectivity index (χ0v) is 16.5. The normalized spacial score (nSPS) is 17.6. The van der Waals surface area contributed by atoms with E-state index in [1.807, 2.05) is 0 Å². The molecule has 0 radical (unpaired) electrons. The lowest BCUT2D eigenvalue weighted by Crippen LogP contribution is -2.51. The standard InChI is InChI=1S/C19H25FN6O3/c1-3-29-19(28)21-16-5-4-10-25(12-16)18(27)17(26-13(2)22-23-24-26)11-14-6-8-15(20)9-7-14/h6-9,16-17H,3-5,10-12H2,1-2H3,(H,21,28)/t16-,17-/m0/s1. The summed E-state index contributed by atoms with van der Waals surface area (Å²) in [6.45, 7) is 4.73. The van der Waals surface area contributed by atoms with E-state index in [4.69, 9.17) is 4.74 Å². The molecular weight excluding hydrogens is 379 g/mol. The number of tetrazole rings is 1. The van der Waals surface area contributed by atoms with Crippen molar-refractivity contribution in [3.8, 4) is 0 Å². The Labute approximate surface area is 168 Å². The van der Waals surface area contributed by atoms with Crippen molar-refractivity contribution in [2.75, 3.05) is 19.7 Å². The van der Waals surface area contributed by atoms with Crippen LogP contribution in [0.1, 0.15) is 37.2 Å². The average Bonchev–Trinajstić information content (AvgIpc) is 3.13. The van der Waals surface area contributed by atoms with Crippen LogP contribution in [-0.2, 0) is 16.0 Å². The summed E-state index contributed by atoms with van der Waals surface area (Å²) < 4.78 is 19.7. The molecule has 2 atom stereocenters. The fourth-order valence-electron chi connectivity index (χ4n) is 3.49. The highest BCUT2D eigenvalue weighted by molar-refractivity contribution is 5.81. The highest BCUT2D eigenvalue weighted by Crippen LogP contribution is 2.21. The van der Waals surface area contributed by atoms with E-state index < -0.39 is 12.1 Å². The fraction of sp³-hybridized carbons (Fsp3) is 0.526. The minimum absolute atomic E-state index is 0.139. The molecule has 2 aromatic rings. The lowest BCUT2D eigenvalue weighted by Gasteiger charge is -2.35. The number of amides is 2. The maximum Gasteiger partial charge on any atom is 0.407 e. The molecular formula is C19H25FN6O3. The third-order valence-corrected chi connectivity index (χ3v) is 4.91. The topological polar surface area (TPSA) is 102 Å². The summed E-state index contributed by atoms with van der Waals surface area (Å²) in [4.78, 5) is 26.8. The molecule has 1 aliphatic rings. The quantitative estimate of drug-likeness (QED) is 0.785. The van der Waals surface area contributed by atoms with Gasteiger partial charge >= 0.3 is 6.09 Å². The molecule has 0 bridgehead atoms. The number of piperidine rings is 1. The van der Waals surface area contributed by atoms with Gasteiger partial charge in [-0.25, -0.2) is 13.9 Å². The van der Waals surface area contributed by atoms with E-state index in [9.17, 15) is 14.0 Å². The molecule has 0 unspecified atom stereocenters. The number of likely N-dealkylation sites (tertiary alicyclic amines) is 1. The van der Waals surface area contributed by atoms with Crippen molar-refractivity contribution in [2.45, 2.75) is 45.2 Å². The van der Waals surface area contributed by atoms with Crippen molar-refractivity contribution in [2.24, 2.45) is 0 Å². The number of ether oxygens (including phenoxy) is 1. The molecule has 0 aliphatic carbocycles. The van der Waals surface area contributed by atoms with Crippen LogP contribution in [0.2, 0.25) is 0 Å². The van der Waals surface area contributed by atoms with Crippen LogP contribution in [0, 0.1) is 12.7 Å². The fourth-order valence-corrected chi connectivity index (χ4v) is 3.49. The predicted molar refractivity (Wildman–Crippen MR) is 101 cm³/mol. The molecule has 1 aliphatic heterocycles. The van der Waals surface area contributed by atoms with Crippen LogP contribution < -0.4 is 5.32 Å². The molecule has 1 N–H and O–H groups in total. The van der Waals surface area contributed by atoms with Crippen molar-refractivity contribution in [3.63, 3.8) is 0 Å². The van der Waals surface area contributed by atoms with E-state index in [0.717, 1.165) is 18.4 Å². The molecule has 1 fully saturated rings. The molecule has 9 nitrogen and oxygen atoms in total. The van der Waals surface area contributed by atoms with Crippen molar-refractivity contribution in [1.29, 1.82) is 0 Å². The van der Waals surface area contributed by atoms with Gasteiger partial charge in [-0.1, -0.05) is 12.1 Å². The summed E-state index contributed by atoms with van der Waals surface area (Å²) in [7, 11) is 0. The summed E-state index contributed by atoms with van der Waals surface area (Å²) in [6.07, 6.45) is 1.39. The number of halogens is 1. The number of carbonyl (C=O) groups excluding carboxylic acids is 2. The van der Waals surface area contributed by atoms with Crippen molar-refractivity contribution in [3.05, 3.63) is 41.5 Å². The van der Waals surface area contributed by atoms with Crippen LogP contribution in [0.25, 0.3) is 0 Å². The van der Waals surface area contributed by atoms with Crippen LogP contribution in [0.15, 0.2) is 24.3 Å². The first kappa shape index (κ1) is 20.7. The third-order valence-electron chi connectivity index (χ3n) is 4.91. The van der Waals surface area contributed by atoms with Crippen LogP contribution in [0.5, 0.6) is 0 Å². The van der Waals surface area contributed by atoms with Gasteiger partial charge in [0.25, 0.3) is 0 Å². The first-order valence-electron chi connectivity index (χ1n) is 9.69. The lowest BCUT2D eigenvalue weighted by molar-refractivity contribution is -0.136. The number of carbonyl (C=O) groups is 2. The second kappa shape index (κ2) is 9.44. The Kier molecular flexibility index (Phi) is 6.73. The number of hydrogen-bond acceptors (Lipinski definition) is 6. The average molecular weight is 404 g/mol. The van der Waals surface area contributed by atoms with Crippen LogP contribution >= 0.6 is 0 Å². The highest BCUT2D eigenvalue weighted by atomic mass is 19.1.